The first kappa shape index (κ1) is 20.6. The lowest BCUT2D eigenvalue weighted by Crippen LogP contribution is -2.49. The summed E-state index contributed by atoms with van der Waals surface area (Å²) in [5.74, 6) is 1.79. The van der Waals surface area contributed by atoms with E-state index in [4.69, 9.17) is 14.5 Å². The van der Waals surface area contributed by atoms with Gasteiger partial charge in [-0.3, -0.25) is 9.69 Å². The van der Waals surface area contributed by atoms with Crippen LogP contribution in [-0.2, 0) is 11.3 Å². The zero-order valence-electron chi connectivity index (χ0n) is 17.1. The summed E-state index contributed by atoms with van der Waals surface area (Å²) in [6.45, 7) is 10.7. The number of methoxy groups -OCH3 is 1. The number of aromatic nitrogens is 1. The molecular weight excluding hydrogens is 374 g/mol. The molecule has 0 N–H and O–H groups in total. The predicted molar refractivity (Wildman–Crippen MR) is 112 cm³/mol. The first-order valence-corrected chi connectivity index (χ1v) is 10.7. The second-order valence-electron chi connectivity index (χ2n) is 7.20. The molecule has 152 valence electrons. The molecule has 0 atom stereocenters. The van der Waals surface area contributed by atoms with Crippen LogP contribution in [0.5, 0.6) is 11.5 Å². The average Bonchev–Trinajstić information content (AvgIpc) is 3.17. The molecule has 3 rings (SSSR count). The summed E-state index contributed by atoms with van der Waals surface area (Å²) in [6, 6.07) is 5.93. The van der Waals surface area contributed by atoms with Crippen molar-refractivity contribution in [2.75, 3.05) is 39.9 Å². The number of ether oxygens (including phenoxy) is 2. The van der Waals surface area contributed by atoms with Gasteiger partial charge in [0, 0.05) is 49.6 Å². The Hall–Kier alpha value is -2.12. The number of amides is 1. The molecule has 1 aromatic heterocycles. The third-order valence-electron chi connectivity index (χ3n) is 4.83. The molecule has 1 amide bonds. The van der Waals surface area contributed by atoms with E-state index in [1.54, 1.807) is 18.4 Å². The van der Waals surface area contributed by atoms with Gasteiger partial charge < -0.3 is 14.4 Å². The van der Waals surface area contributed by atoms with Crippen molar-refractivity contribution < 1.29 is 14.3 Å². The van der Waals surface area contributed by atoms with Crippen LogP contribution in [0.1, 0.15) is 26.5 Å². The van der Waals surface area contributed by atoms with Gasteiger partial charge in [0.25, 0.3) is 0 Å². The highest BCUT2D eigenvalue weighted by atomic mass is 32.1. The molecule has 0 spiro atoms. The summed E-state index contributed by atoms with van der Waals surface area (Å²) in [4.78, 5) is 21.3. The van der Waals surface area contributed by atoms with E-state index in [2.05, 4.69) is 10.3 Å². The van der Waals surface area contributed by atoms with Crippen molar-refractivity contribution in [3.63, 3.8) is 0 Å². The fourth-order valence-electron chi connectivity index (χ4n) is 3.31. The first-order chi connectivity index (χ1) is 13.5. The molecule has 7 heteroatoms. The molecule has 1 fully saturated rings. The molecule has 1 aliphatic heterocycles. The fourth-order valence-corrected chi connectivity index (χ4v) is 4.12. The maximum Gasteiger partial charge on any atom is 0.225 e. The summed E-state index contributed by atoms with van der Waals surface area (Å²) >= 11 is 1.64. The predicted octanol–water partition coefficient (Wildman–Crippen LogP) is 3.52. The van der Waals surface area contributed by atoms with Crippen molar-refractivity contribution >= 4 is 17.2 Å². The molecule has 0 saturated carbocycles. The summed E-state index contributed by atoms with van der Waals surface area (Å²) in [5, 5.41) is 3.09. The van der Waals surface area contributed by atoms with Crippen LogP contribution in [0.2, 0.25) is 0 Å². The van der Waals surface area contributed by atoms with Crippen molar-refractivity contribution in [2.24, 2.45) is 5.92 Å². The van der Waals surface area contributed by atoms with Gasteiger partial charge in [0.2, 0.25) is 5.91 Å². The number of hydrogen-bond acceptors (Lipinski definition) is 6. The number of rotatable bonds is 7. The van der Waals surface area contributed by atoms with Crippen LogP contribution in [0.25, 0.3) is 10.6 Å². The minimum absolute atomic E-state index is 0.0683. The highest BCUT2D eigenvalue weighted by Gasteiger charge is 2.23. The number of benzene rings is 1. The number of carbonyl (C=O) groups excluding carboxylic acids is 1. The standard InChI is InChI=1S/C21H29N3O3S/c1-5-27-18-7-6-16(12-19(18)26-4)20-22-17(14-28-20)13-23-8-10-24(11-9-23)21(25)15(2)3/h6-7,12,14-15H,5,8-11,13H2,1-4H3. The largest absolute Gasteiger partial charge is 0.493 e. The van der Waals surface area contributed by atoms with Gasteiger partial charge in [0.15, 0.2) is 11.5 Å². The van der Waals surface area contributed by atoms with Crippen LogP contribution in [0.3, 0.4) is 0 Å². The fraction of sp³-hybridized carbons (Fsp3) is 0.524. The SMILES string of the molecule is CCOc1ccc(-c2nc(CN3CCN(C(=O)C(C)C)CC3)cs2)cc1OC. The number of nitrogens with zero attached hydrogens (tertiary/aromatic N) is 3. The summed E-state index contributed by atoms with van der Waals surface area (Å²) in [7, 11) is 1.65. The molecule has 1 aromatic carbocycles. The van der Waals surface area contributed by atoms with Gasteiger partial charge in [-0.15, -0.1) is 11.3 Å². The van der Waals surface area contributed by atoms with Crippen molar-refractivity contribution in [3.05, 3.63) is 29.3 Å². The lowest BCUT2D eigenvalue weighted by molar-refractivity contribution is -0.136. The first-order valence-electron chi connectivity index (χ1n) is 9.78. The molecule has 0 bridgehead atoms. The highest BCUT2D eigenvalue weighted by molar-refractivity contribution is 7.13. The van der Waals surface area contributed by atoms with Crippen LogP contribution in [0.15, 0.2) is 23.6 Å². The van der Waals surface area contributed by atoms with Gasteiger partial charge in [0.05, 0.1) is 19.4 Å². The van der Waals surface area contributed by atoms with E-state index < -0.39 is 0 Å². The van der Waals surface area contributed by atoms with Gasteiger partial charge in [0.1, 0.15) is 5.01 Å². The topological polar surface area (TPSA) is 54.9 Å². The van der Waals surface area contributed by atoms with E-state index >= 15 is 0 Å². The van der Waals surface area contributed by atoms with Crippen LogP contribution in [0, 0.1) is 5.92 Å². The molecule has 28 heavy (non-hydrogen) atoms. The molecule has 6 nitrogen and oxygen atoms in total. The Morgan fingerprint density at radius 1 is 1.21 bits per heavy atom. The molecular formula is C21H29N3O3S. The van der Waals surface area contributed by atoms with Gasteiger partial charge >= 0.3 is 0 Å². The van der Waals surface area contributed by atoms with Crippen LogP contribution in [0.4, 0.5) is 0 Å². The second-order valence-corrected chi connectivity index (χ2v) is 8.06. The lowest BCUT2D eigenvalue weighted by atomic mass is 10.1. The van der Waals surface area contributed by atoms with E-state index in [1.807, 2.05) is 43.9 Å². The molecule has 0 radical (unpaired) electrons. The number of carbonyl (C=O) groups is 1. The zero-order chi connectivity index (χ0) is 20.1. The third-order valence-corrected chi connectivity index (χ3v) is 5.77. The van der Waals surface area contributed by atoms with Gasteiger partial charge in [-0.1, -0.05) is 13.8 Å². The molecule has 0 unspecified atom stereocenters. The van der Waals surface area contributed by atoms with Gasteiger partial charge in [-0.05, 0) is 25.1 Å². The Bertz CT molecular complexity index is 798. The number of hydrogen-bond donors (Lipinski definition) is 0. The minimum atomic E-state index is 0.0683. The minimum Gasteiger partial charge on any atom is -0.493 e. The zero-order valence-corrected chi connectivity index (χ0v) is 17.9. The number of piperazine rings is 1. The van der Waals surface area contributed by atoms with E-state index in [-0.39, 0.29) is 11.8 Å². The number of thiazole rings is 1. The maximum absolute atomic E-state index is 12.1. The average molecular weight is 404 g/mol. The smallest absolute Gasteiger partial charge is 0.225 e. The van der Waals surface area contributed by atoms with E-state index in [1.165, 1.54) is 0 Å². The van der Waals surface area contributed by atoms with Crippen molar-refractivity contribution in [1.82, 2.24) is 14.8 Å². The Labute approximate surface area is 171 Å². The van der Waals surface area contributed by atoms with Crippen LogP contribution in [-0.4, -0.2) is 60.6 Å². The second kappa shape index (κ2) is 9.39. The van der Waals surface area contributed by atoms with E-state index in [0.717, 1.165) is 60.5 Å². The Balaban J connectivity index is 1.61. The third kappa shape index (κ3) is 4.83. The van der Waals surface area contributed by atoms with Gasteiger partial charge in [-0.2, -0.15) is 0 Å². The molecule has 2 aromatic rings. The van der Waals surface area contributed by atoms with Gasteiger partial charge in [-0.25, -0.2) is 4.98 Å². The monoisotopic (exact) mass is 403 g/mol. The Morgan fingerprint density at radius 2 is 1.96 bits per heavy atom. The van der Waals surface area contributed by atoms with Crippen LogP contribution >= 0.6 is 11.3 Å². The summed E-state index contributed by atoms with van der Waals surface area (Å²) in [6.07, 6.45) is 0. The summed E-state index contributed by atoms with van der Waals surface area (Å²) in [5.41, 5.74) is 2.10. The molecule has 2 heterocycles. The molecule has 0 aliphatic carbocycles. The Kier molecular flexibility index (Phi) is 6.91. The van der Waals surface area contributed by atoms with Crippen molar-refractivity contribution in [1.29, 1.82) is 0 Å². The maximum atomic E-state index is 12.1. The quantitative estimate of drug-likeness (QED) is 0.708. The summed E-state index contributed by atoms with van der Waals surface area (Å²) < 4.78 is 11.0. The van der Waals surface area contributed by atoms with Crippen molar-refractivity contribution in [3.8, 4) is 22.1 Å². The van der Waals surface area contributed by atoms with Crippen molar-refractivity contribution in [2.45, 2.75) is 27.3 Å². The van der Waals surface area contributed by atoms with E-state index in [9.17, 15) is 4.79 Å². The van der Waals surface area contributed by atoms with Crippen LogP contribution < -0.4 is 9.47 Å². The molecule has 1 saturated heterocycles. The lowest BCUT2D eigenvalue weighted by Gasteiger charge is -2.35. The normalized spacial score (nSPS) is 15.1. The Morgan fingerprint density at radius 3 is 2.61 bits per heavy atom. The van der Waals surface area contributed by atoms with E-state index in [0.29, 0.717) is 6.61 Å². The molecule has 1 aliphatic rings. The highest BCUT2D eigenvalue weighted by Crippen LogP contribution is 2.34.